The minimum Gasteiger partial charge on any atom is -0.326 e. The highest BCUT2D eigenvalue weighted by atomic mass is 32.1. The minimum absolute atomic E-state index is 0.00452. The van der Waals surface area contributed by atoms with Gasteiger partial charge >= 0.3 is 0 Å². The molecule has 3 aromatic carbocycles. The maximum absolute atomic E-state index is 12.1. The van der Waals surface area contributed by atoms with Crippen LogP contribution in [0.15, 0.2) is 78.9 Å². The van der Waals surface area contributed by atoms with Gasteiger partial charge in [0.05, 0.1) is 21.6 Å². The third-order valence-electron chi connectivity index (χ3n) is 4.14. The van der Waals surface area contributed by atoms with Gasteiger partial charge in [-0.1, -0.05) is 54.6 Å². The van der Waals surface area contributed by atoms with E-state index >= 15 is 0 Å². The summed E-state index contributed by atoms with van der Waals surface area (Å²) in [5.74, 6) is -0.00452. The fraction of sp³-hybridized carbons (Fsp3) is 0.0909. The van der Waals surface area contributed by atoms with Gasteiger partial charge < -0.3 is 5.32 Å². The molecule has 1 amide bonds. The molecule has 1 N–H and O–H groups in total. The van der Waals surface area contributed by atoms with Crippen molar-refractivity contribution >= 4 is 33.1 Å². The number of benzene rings is 3. The molecule has 0 bridgehead atoms. The van der Waals surface area contributed by atoms with Crippen molar-refractivity contribution in [3.8, 4) is 0 Å². The second-order valence-corrected chi connectivity index (χ2v) is 7.27. The van der Waals surface area contributed by atoms with Crippen LogP contribution in [-0.4, -0.2) is 10.9 Å². The average molecular weight is 358 g/mol. The standard InChI is InChI=1S/C22H18N2OS/c25-21(14-16-6-2-1-3-7-16)23-18-12-10-17(11-13-18)15-22-24-19-8-4-5-9-20(19)26-22/h1-13H,14-15H2,(H,23,25). The van der Waals surface area contributed by atoms with Gasteiger partial charge in [-0.2, -0.15) is 0 Å². The van der Waals surface area contributed by atoms with Gasteiger partial charge in [-0.05, 0) is 35.4 Å². The summed E-state index contributed by atoms with van der Waals surface area (Å²) in [6.07, 6.45) is 1.19. The van der Waals surface area contributed by atoms with E-state index in [1.807, 2.05) is 72.8 Å². The molecule has 0 aliphatic heterocycles. The first-order valence-electron chi connectivity index (χ1n) is 8.53. The number of carbonyl (C=O) groups excluding carboxylic acids is 1. The number of rotatable bonds is 5. The SMILES string of the molecule is O=C(Cc1ccccc1)Nc1ccc(Cc2nc3ccccc3s2)cc1. The molecule has 1 heterocycles. The quantitative estimate of drug-likeness (QED) is 0.541. The molecule has 1 aromatic heterocycles. The van der Waals surface area contributed by atoms with Crippen LogP contribution in [0, 0.1) is 0 Å². The molecule has 0 fully saturated rings. The lowest BCUT2D eigenvalue weighted by molar-refractivity contribution is -0.115. The van der Waals surface area contributed by atoms with E-state index < -0.39 is 0 Å². The van der Waals surface area contributed by atoms with Crippen LogP contribution >= 0.6 is 11.3 Å². The van der Waals surface area contributed by atoms with Gasteiger partial charge in [0.25, 0.3) is 0 Å². The van der Waals surface area contributed by atoms with E-state index in [0.29, 0.717) is 6.42 Å². The summed E-state index contributed by atoms with van der Waals surface area (Å²) in [6, 6.07) is 25.9. The number of nitrogens with one attached hydrogen (secondary N) is 1. The number of fused-ring (bicyclic) bond motifs is 1. The Morgan fingerprint density at radius 2 is 1.58 bits per heavy atom. The van der Waals surface area contributed by atoms with Gasteiger partial charge in [0.1, 0.15) is 0 Å². The van der Waals surface area contributed by atoms with Gasteiger partial charge in [0.2, 0.25) is 5.91 Å². The lowest BCUT2D eigenvalue weighted by Crippen LogP contribution is -2.14. The number of carbonyl (C=O) groups is 1. The Balaban J connectivity index is 1.39. The summed E-state index contributed by atoms with van der Waals surface area (Å²) >= 11 is 1.73. The Morgan fingerprint density at radius 3 is 2.35 bits per heavy atom. The normalized spacial score (nSPS) is 10.8. The summed E-state index contributed by atoms with van der Waals surface area (Å²) in [4.78, 5) is 16.8. The highest BCUT2D eigenvalue weighted by Crippen LogP contribution is 2.24. The Labute approximate surface area is 156 Å². The monoisotopic (exact) mass is 358 g/mol. The Kier molecular flexibility index (Phi) is 4.75. The van der Waals surface area contributed by atoms with Crippen LogP contribution in [0.4, 0.5) is 5.69 Å². The summed E-state index contributed by atoms with van der Waals surface area (Å²) in [6.45, 7) is 0. The molecule has 0 unspecified atom stereocenters. The number of thiazole rings is 1. The molecule has 128 valence electrons. The molecule has 4 aromatic rings. The van der Waals surface area contributed by atoms with Gasteiger partial charge in [0, 0.05) is 12.1 Å². The molecule has 0 saturated carbocycles. The van der Waals surface area contributed by atoms with E-state index in [-0.39, 0.29) is 5.91 Å². The van der Waals surface area contributed by atoms with Gasteiger partial charge in [-0.25, -0.2) is 4.98 Å². The topological polar surface area (TPSA) is 42.0 Å². The molecule has 4 rings (SSSR count). The first-order chi connectivity index (χ1) is 12.8. The minimum atomic E-state index is -0.00452. The highest BCUT2D eigenvalue weighted by molar-refractivity contribution is 7.18. The number of nitrogens with zero attached hydrogens (tertiary/aromatic N) is 1. The zero-order valence-electron chi connectivity index (χ0n) is 14.2. The highest BCUT2D eigenvalue weighted by Gasteiger charge is 2.06. The van der Waals surface area contributed by atoms with Gasteiger partial charge in [0.15, 0.2) is 0 Å². The van der Waals surface area contributed by atoms with E-state index in [2.05, 4.69) is 16.4 Å². The molecule has 3 nitrogen and oxygen atoms in total. The van der Waals surface area contributed by atoms with Gasteiger partial charge in [-0.3, -0.25) is 4.79 Å². The number of hydrogen-bond acceptors (Lipinski definition) is 3. The van der Waals surface area contributed by atoms with Crippen molar-refractivity contribution in [1.29, 1.82) is 0 Å². The third kappa shape index (κ3) is 3.98. The second-order valence-electron chi connectivity index (χ2n) is 6.16. The van der Waals surface area contributed by atoms with E-state index in [0.717, 1.165) is 28.2 Å². The van der Waals surface area contributed by atoms with E-state index in [4.69, 9.17) is 0 Å². The summed E-state index contributed by atoms with van der Waals surface area (Å²) < 4.78 is 1.22. The molecule has 4 heteroatoms. The number of para-hydroxylation sites is 1. The smallest absolute Gasteiger partial charge is 0.228 e. The Hall–Kier alpha value is -2.98. The van der Waals surface area contributed by atoms with Crippen LogP contribution in [0.25, 0.3) is 10.2 Å². The molecule has 0 aliphatic carbocycles. The van der Waals surface area contributed by atoms with Crippen LogP contribution in [-0.2, 0) is 17.6 Å². The number of hydrogen-bond donors (Lipinski definition) is 1. The van der Waals surface area contributed by atoms with Crippen molar-refractivity contribution in [2.75, 3.05) is 5.32 Å². The van der Waals surface area contributed by atoms with E-state index in [9.17, 15) is 4.79 Å². The van der Waals surface area contributed by atoms with E-state index in [1.54, 1.807) is 11.3 Å². The predicted octanol–water partition coefficient (Wildman–Crippen LogP) is 5.07. The summed E-state index contributed by atoms with van der Waals surface area (Å²) in [7, 11) is 0. The Bertz CT molecular complexity index is 990. The van der Waals surface area contributed by atoms with Crippen LogP contribution in [0.3, 0.4) is 0 Å². The number of anilines is 1. The van der Waals surface area contributed by atoms with Crippen molar-refractivity contribution in [3.05, 3.63) is 95.0 Å². The molecule has 0 radical (unpaired) electrons. The molecular formula is C22H18N2OS. The van der Waals surface area contributed by atoms with Crippen LogP contribution < -0.4 is 5.32 Å². The fourth-order valence-corrected chi connectivity index (χ4v) is 3.86. The third-order valence-corrected chi connectivity index (χ3v) is 5.18. The van der Waals surface area contributed by atoms with Crippen molar-refractivity contribution < 1.29 is 4.79 Å². The second kappa shape index (κ2) is 7.50. The molecule has 0 aliphatic rings. The van der Waals surface area contributed by atoms with Crippen LogP contribution in [0.5, 0.6) is 0 Å². The average Bonchev–Trinajstić information content (AvgIpc) is 3.06. The molecule has 0 saturated heterocycles. The predicted molar refractivity (Wildman–Crippen MR) is 108 cm³/mol. The summed E-state index contributed by atoms with van der Waals surface area (Å²) in [5.41, 5.74) is 4.07. The first-order valence-corrected chi connectivity index (χ1v) is 9.35. The molecule has 0 atom stereocenters. The zero-order valence-corrected chi connectivity index (χ0v) is 15.0. The van der Waals surface area contributed by atoms with Crippen LogP contribution in [0.1, 0.15) is 16.1 Å². The largest absolute Gasteiger partial charge is 0.326 e. The first kappa shape index (κ1) is 16.5. The Morgan fingerprint density at radius 1 is 0.846 bits per heavy atom. The van der Waals surface area contributed by atoms with Crippen molar-refractivity contribution in [2.24, 2.45) is 0 Å². The number of aromatic nitrogens is 1. The molecule has 0 spiro atoms. The van der Waals surface area contributed by atoms with Crippen molar-refractivity contribution in [3.63, 3.8) is 0 Å². The molecular weight excluding hydrogens is 340 g/mol. The van der Waals surface area contributed by atoms with Crippen LogP contribution in [0.2, 0.25) is 0 Å². The maximum atomic E-state index is 12.1. The zero-order chi connectivity index (χ0) is 17.8. The lowest BCUT2D eigenvalue weighted by Gasteiger charge is -2.06. The summed E-state index contributed by atoms with van der Waals surface area (Å²) in [5, 5.41) is 4.05. The van der Waals surface area contributed by atoms with E-state index in [1.165, 1.54) is 10.3 Å². The van der Waals surface area contributed by atoms with Gasteiger partial charge in [-0.15, -0.1) is 11.3 Å². The van der Waals surface area contributed by atoms with Crippen molar-refractivity contribution in [1.82, 2.24) is 4.98 Å². The molecule has 26 heavy (non-hydrogen) atoms. The lowest BCUT2D eigenvalue weighted by atomic mass is 10.1. The fourth-order valence-electron chi connectivity index (χ4n) is 2.86. The number of amides is 1. The maximum Gasteiger partial charge on any atom is 0.228 e. The van der Waals surface area contributed by atoms with Crippen molar-refractivity contribution in [2.45, 2.75) is 12.8 Å².